The third kappa shape index (κ3) is 0.677. The van der Waals surface area contributed by atoms with Gasteiger partial charge in [0, 0.05) is 0 Å². The van der Waals surface area contributed by atoms with Crippen LogP contribution in [0, 0.1) is 0 Å². The smallest absolute Gasteiger partial charge is 0.435 e. The van der Waals surface area contributed by atoms with Crippen molar-refractivity contribution < 1.29 is 9.53 Å². The fraction of sp³-hybridized carbons (Fsp3) is 0.333. The predicted molar refractivity (Wildman–Crippen MR) is 23.0 cm³/mol. The van der Waals surface area contributed by atoms with Gasteiger partial charge in [0.15, 0.2) is 6.61 Å². The maximum Gasteiger partial charge on any atom is 0.435 e. The molecule has 2 N–H and O–H groups in total. The first kappa shape index (κ1) is 4.11. The van der Waals surface area contributed by atoms with Gasteiger partial charge in [-0.2, -0.15) is 4.99 Å². The van der Waals surface area contributed by atoms with Gasteiger partial charge in [0.2, 0.25) is 0 Å². The van der Waals surface area contributed by atoms with E-state index in [0.717, 1.165) is 0 Å². The summed E-state index contributed by atoms with van der Waals surface area (Å²) in [6, 6.07) is 0. The molecule has 0 unspecified atom stereocenters. The minimum Gasteiger partial charge on any atom is -0.440 e. The molecule has 0 bridgehead atoms. The summed E-state index contributed by atoms with van der Waals surface area (Å²) >= 11 is 0. The van der Waals surface area contributed by atoms with Crippen LogP contribution in [-0.2, 0) is 4.74 Å². The second-order valence-corrected chi connectivity index (χ2v) is 1.16. The first-order valence-corrected chi connectivity index (χ1v) is 1.79. The van der Waals surface area contributed by atoms with Gasteiger partial charge in [-0.25, -0.2) is 4.79 Å². The van der Waals surface area contributed by atoms with E-state index in [9.17, 15) is 4.79 Å². The summed E-state index contributed by atoms with van der Waals surface area (Å²) in [7, 11) is 0. The molecule has 0 saturated carbocycles. The summed E-state index contributed by atoms with van der Waals surface area (Å²) in [5, 5.41) is 0. The number of aliphatic imine (C=N–C) groups is 1. The van der Waals surface area contributed by atoms with Gasteiger partial charge < -0.3 is 10.5 Å². The fourth-order valence-corrected chi connectivity index (χ4v) is 0.317. The van der Waals surface area contributed by atoms with Crippen LogP contribution in [0.3, 0.4) is 0 Å². The molecule has 0 saturated heterocycles. The Labute approximate surface area is 40.0 Å². The molecular formula is C3H4N2O2. The Morgan fingerprint density at radius 1 is 1.86 bits per heavy atom. The molecule has 1 amide bonds. The number of carbonyl (C=O) groups is 1. The van der Waals surface area contributed by atoms with E-state index in [0.29, 0.717) is 0 Å². The SMILES string of the molecule is NC1=NC(=O)OC1. The van der Waals surface area contributed by atoms with E-state index >= 15 is 0 Å². The van der Waals surface area contributed by atoms with Gasteiger partial charge in [0.05, 0.1) is 0 Å². The molecule has 1 aliphatic heterocycles. The lowest BCUT2D eigenvalue weighted by atomic mass is 10.7. The standard InChI is InChI=1S/C3H4N2O2/c4-2-1-7-3(6)5-2/h1H2,(H2,4,5,6). The highest BCUT2D eigenvalue weighted by molar-refractivity contribution is 5.96. The molecule has 0 aliphatic carbocycles. The van der Waals surface area contributed by atoms with E-state index in [1.54, 1.807) is 0 Å². The highest BCUT2D eigenvalue weighted by Gasteiger charge is 2.09. The lowest BCUT2D eigenvalue weighted by Crippen LogP contribution is -2.11. The van der Waals surface area contributed by atoms with Crippen molar-refractivity contribution in [3.63, 3.8) is 0 Å². The van der Waals surface area contributed by atoms with Crippen LogP contribution in [0.4, 0.5) is 4.79 Å². The normalized spacial score (nSPS) is 18.9. The fourth-order valence-electron chi connectivity index (χ4n) is 0.317. The minimum atomic E-state index is -0.586. The van der Waals surface area contributed by atoms with Crippen molar-refractivity contribution >= 4 is 11.9 Å². The number of rotatable bonds is 0. The monoisotopic (exact) mass is 100 g/mol. The number of amides is 1. The summed E-state index contributed by atoms with van der Waals surface area (Å²) in [5.41, 5.74) is 5.03. The summed E-state index contributed by atoms with van der Waals surface area (Å²) in [4.78, 5) is 13.2. The number of hydrogen-bond acceptors (Lipinski definition) is 3. The lowest BCUT2D eigenvalue weighted by molar-refractivity contribution is 0.181. The average molecular weight is 100 g/mol. The third-order valence-corrected chi connectivity index (χ3v) is 0.578. The predicted octanol–water partition coefficient (Wildman–Crippen LogP) is -0.506. The van der Waals surface area contributed by atoms with Gasteiger partial charge in [-0.3, -0.25) is 0 Å². The molecule has 4 heteroatoms. The topological polar surface area (TPSA) is 64.7 Å². The van der Waals surface area contributed by atoms with Crippen molar-refractivity contribution in [2.24, 2.45) is 10.7 Å². The molecule has 0 spiro atoms. The maximum atomic E-state index is 9.96. The second-order valence-electron chi connectivity index (χ2n) is 1.16. The Bertz CT molecular complexity index is 129. The first-order chi connectivity index (χ1) is 3.29. The van der Waals surface area contributed by atoms with E-state index in [2.05, 4.69) is 9.73 Å². The molecule has 4 nitrogen and oxygen atoms in total. The van der Waals surface area contributed by atoms with Gasteiger partial charge in [0.1, 0.15) is 5.84 Å². The number of nitrogens with two attached hydrogens (primary N) is 1. The summed E-state index contributed by atoms with van der Waals surface area (Å²) < 4.78 is 4.30. The van der Waals surface area contributed by atoms with Gasteiger partial charge in [0.25, 0.3) is 0 Å². The van der Waals surface area contributed by atoms with Crippen molar-refractivity contribution in [3.8, 4) is 0 Å². The molecule has 7 heavy (non-hydrogen) atoms. The van der Waals surface area contributed by atoms with E-state index in [1.807, 2.05) is 0 Å². The molecule has 0 aromatic heterocycles. The van der Waals surface area contributed by atoms with Gasteiger partial charge >= 0.3 is 6.09 Å². The molecule has 1 heterocycles. The minimum absolute atomic E-state index is 0.152. The number of amidine groups is 1. The van der Waals surface area contributed by atoms with Crippen molar-refractivity contribution in [2.75, 3.05) is 6.61 Å². The molecule has 38 valence electrons. The third-order valence-electron chi connectivity index (χ3n) is 0.578. The summed E-state index contributed by atoms with van der Waals surface area (Å²) in [5.74, 6) is 0.255. The number of hydrogen-bond donors (Lipinski definition) is 1. The zero-order valence-electron chi connectivity index (χ0n) is 3.55. The zero-order valence-corrected chi connectivity index (χ0v) is 3.55. The molecule has 0 atom stereocenters. The van der Waals surface area contributed by atoms with Crippen molar-refractivity contribution in [1.82, 2.24) is 0 Å². The number of ether oxygens (including phenoxy) is 1. The molecule has 0 fully saturated rings. The zero-order chi connectivity index (χ0) is 5.28. The van der Waals surface area contributed by atoms with Crippen molar-refractivity contribution in [2.45, 2.75) is 0 Å². The van der Waals surface area contributed by atoms with Crippen LogP contribution in [0.15, 0.2) is 4.99 Å². The lowest BCUT2D eigenvalue weighted by Gasteiger charge is -1.81. The van der Waals surface area contributed by atoms with Crippen LogP contribution in [0.2, 0.25) is 0 Å². The first-order valence-electron chi connectivity index (χ1n) is 1.79. The molecule has 1 aliphatic rings. The number of nitrogens with zero attached hydrogens (tertiary/aromatic N) is 1. The largest absolute Gasteiger partial charge is 0.440 e. The molecular weight excluding hydrogens is 96.0 g/mol. The van der Waals surface area contributed by atoms with Crippen LogP contribution in [0.1, 0.15) is 0 Å². The second kappa shape index (κ2) is 1.22. The Balaban J connectivity index is 2.67. The van der Waals surface area contributed by atoms with E-state index in [4.69, 9.17) is 5.73 Å². The van der Waals surface area contributed by atoms with E-state index in [1.165, 1.54) is 0 Å². The van der Waals surface area contributed by atoms with E-state index in [-0.39, 0.29) is 12.4 Å². The molecule has 0 aromatic rings. The van der Waals surface area contributed by atoms with Gasteiger partial charge in [-0.05, 0) is 0 Å². The summed E-state index contributed by atoms with van der Waals surface area (Å²) in [6.07, 6.45) is -0.586. The maximum absolute atomic E-state index is 9.96. The van der Waals surface area contributed by atoms with Crippen LogP contribution >= 0.6 is 0 Å². The van der Waals surface area contributed by atoms with Crippen LogP contribution in [-0.4, -0.2) is 18.5 Å². The van der Waals surface area contributed by atoms with Crippen LogP contribution in [0.5, 0.6) is 0 Å². The molecule has 1 rings (SSSR count). The Morgan fingerprint density at radius 2 is 2.57 bits per heavy atom. The van der Waals surface area contributed by atoms with Gasteiger partial charge in [-0.1, -0.05) is 0 Å². The number of cyclic esters (lactones) is 1. The average Bonchev–Trinajstić information content (AvgIpc) is 1.87. The van der Waals surface area contributed by atoms with Gasteiger partial charge in [-0.15, -0.1) is 0 Å². The van der Waals surface area contributed by atoms with Crippen molar-refractivity contribution in [1.29, 1.82) is 0 Å². The highest BCUT2D eigenvalue weighted by atomic mass is 16.6. The Kier molecular flexibility index (Phi) is 0.714. The number of carbonyl (C=O) groups excluding carboxylic acids is 1. The Morgan fingerprint density at radius 3 is 2.71 bits per heavy atom. The Hall–Kier alpha value is -1.06. The molecule has 0 aromatic carbocycles. The molecule has 0 radical (unpaired) electrons. The van der Waals surface area contributed by atoms with Crippen LogP contribution < -0.4 is 5.73 Å². The van der Waals surface area contributed by atoms with E-state index < -0.39 is 6.09 Å². The van der Waals surface area contributed by atoms with Crippen LogP contribution in [0.25, 0.3) is 0 Å². The quantitative estimate of drug-likeness (QED) is 0.446. The highest BCUT2D eigenvalue weighted by Crippen LogP contribution is 1.91. The van der Waals surface area contributed by atoms with Crippen molar-refractivity contribution in [3.05, 3.63) is 0 Å². The summed E-state index contributed by atoms with van der Waals surface area (Å²) in [6.45, 7) is 0.152.